The van der Waals surface area contributed by atoms with Crippen LogP contribution in [0.1, 0.15) is 70.2 Å². The Morgan fingerprint density at radius 2 is 1.74 bits per heavy atom. The molecule has 5 heteroatoms. The third-order valence-electron chi connectivity index (χ3n) is 5.09. The lowest BCUT2D eigenvalue weighted by molar-refractivity contribution is -0.138. The van der Waals surface area contributed by atoms with Crippen molar-refractivity contribution in [3.63, 3.8) is 0 Å². The molecule has 27 heavy (non-hydrogen) atoms. The summed E-state index contributed by atoms with van der Waals surface area (Å²) in [6.07, 6.45) is 4.19. The third kappa shape index (κ3) is 7.99. The lowest BCUT2D eigenvalue weighted by Gasteiger charge is -2.35. The molecule has 2 atom stereocenters. The van der Waals surface area contributed by atoms with Crippen molar-refractivity contribution in [3.05, 3.63) is 35.4 Å². The largest absolute Gasteiger partial charge is 0.462 e. The Balaban J connectivity index is 0.000000321. The second-order valence-corrected chi connectivity index (χ2v) is 8.76. The smallest absolute Gasteiger partial charge is 0.293 e. The predicted octanol–water partition coefficient (Wildman–Crippen LogP) is 3.41. The summed E-state index contributed by atoms with van der Waals surface area (Å²) in [7, 11) is 0. The van der Waals surface area contributed by atoms with Gasteiger partial charge in [-0.1, -0.05) is 37.1 Å². The zero-order valence-electron chi connectivity index (χ0n) is 17.4. The van der Waals surface area contributed by atoms with Crippen molar-refractivity contribution in [3.8, 4) is 0 Å². The fourth-order valence-corrected chi connectivity index (χ4v) is 3.33. The second-order valence-electron chi connectivity index (χ2n) is 8.76. The molecule has 3 N–H and O–H groups in total. The van der Waals surface area contributed by atoms with Crippen molar-refractivity contribution in [2.24, 2.45) is 11.7 Å². The standard InChI is InChI=1S/C17H27N3.C5H10O2/c1-13(18)15-4-6-16(7-5-15)17(12-14-2-3-14)20-10-8-19-9-11-20;1-5(2,3)7-4-6/h4-7,13-14,17,19H,2-3,8-12,18H2,1H3;4H,1-3H3/t13-,17-;/m0./s1. The quantitative estimate of drug-likeness (QED) is 0.746. The van der Waals surface area contributed by atoms with Gasteiger partial charge in [0.05, 0.1) is 0 Å². The number of piperazine rings is 1. The minimum Gasteiger partial charge on any atom is -0.462 e. The fraction of sp³-hybridized carbons (Fsp3) is 0.682. The Labute approximate surface area is 164 Å². The summed E-state index contributed by atoms with van der Waals surface area (Å²) < 4.78 is 4.55. The van der Waals surface area contributed by atoms with Crippen LogP contribution in [0.15, 0.2) is 24.3 Å². The summed E-state index contributed by atoms with van der Waals surface area (Å²) in [5, 5.41) is 3.46. The highest BCUT2D eigenvalue weighted by atomic mass is 16.5. The van der Waals surface area contributed by atoms with Crippen LogP contribution in [0, 0.1) is 5.92 Å². The maximum Gasteiger partial charge on any atom is 0.293 e. The molecule has 1 aliphatic carbocycles. The number of ether oxygens (including phenoxy) is 1. The van der Waals surface area contributed by atoms with E-state index in [0.717, 1.165) is 19.0 Å². The van der Waals surface area contributed by atoms with Crippen LogP contribution in [0.4, 0.5) is 0 Å². The number of carbonyl (C=O) groups is 1. The molecule has 1 saturated heterocycles. The van der Waals surface area contributed by atoms with Gasteiger partial charge in [-0.2, -0.15) is 0 Å². The van der Waals surface area contributed by atoms with Crippen LogP contribution in [0.5, 0.6) is 0 Å². The SMILES string of the molecule is CC(C)(C)OC=O.C[C@H](N)c1ccc([C@H](CC2CC2)N2CCNCC2)cc1. The summed E-state index contributed by atoms with van der Waals surface area (Å²) >= 11 is 0. The normalized spacial score (nSPS) is 20.2. The van der Waals surface area contributed by atoms with E-state index in [1.165, 1.54) is 43.5 Å². The molecule has 1 aliphatic heterocycles. The first-order valence-corrected chi connectivity index (χ1v) is 10.2. The average molecular weight is 376 g/mol. The molecule has 0 amide bonds. The van der Waals surface area contributed by atoms with Gasteiger partial charge >= 0.3 is 0 Å². The lowest BCUT2D eigenvalue weighted by atomic mass is 9.96. The number of hydrogen-bond acceptors (Lipinski definition) is 5. The predicted molar refractivity (Wildman–Crippen MR) is 110 cm³/mol. The molecule has 1 aromatic carbocycles. The summed E-state index contributed by atoms with van der Waals surface area (Å²) in [6.45, 7) is 12.6. The van der Waals surface area contributed by atoms with Crippen molar-refractivity contribution in [1.82, 2.24) is 10.2 Å². The zero-order valence-corrected chi connectivity index (χ0v) is 17.4. The molecule has 0 bridgehead atoms. The van der Waals surface area contributed by atoms with Crippen molar-refractivity contribution in [1.29, 1.82) is 0 Å². The number of nitrogens with zero attached hydrogens (tertiary/aromatic N) is 1. The highest BCUT2D eigenvalue weighted by Gasteiger charge is 2.30. The van der Waals surface area contributed by atoms with E-state index < -0.39 is 0 Å². The maximum absolute atomic E-state index is 9.60. The van der Waals surface area contributed by atoms with Gasteiger partial charge in [-0.15, -0.1) is 0 Å². The van der Waals surface area contributed by atoms with Gasteiger partial charge in [-0.3, -0.25) is 9.69 Å². The molecule has 1 heterocycles. The Kier molecular flexibility index (Phi) is 8.27. The zero-order chi connectivity index (χ0) is 19.9. The van der Waals surface area contributed by atoms with E-state index in [0.29, 0.717) is 12.5 Å². The Bertz CT molecular complexity index is 556. The first-order chi connectivity index (χ1) is 12.8. The highest BCUT2D eigenvalue weighted by Crippen LogP contribution is 2.40. The molecule has 3 rings (SSSR count). The summed E-state index contributed by atoms with van der Waals surface area (Å²) in [5.74, 6) is 0.961. The van der Waals surface area contributed by atoms with Gasteiger partial charge in [0.25, 0.3) is 6.47 Å². The molecule has 1 aromatic rings. The number of carbonyl (C=O) groups excluding carboxylic acids is 1. The van der Waals surface area contributed by atoms with E-state index in [1.54, 1.807) is 0 Å². The number of nitrogens with one attached hydrogen (secondary N) is 1. The van der Waals surface area contributed by atoms with Gasteiger partial charge < -0.3 is 15.8 Å². The van der Waals surface area contributed by atoms with E-state index >= 15 is 0 Å². The first kappa shape index (κ1) is 21.9. The Morgan fingerprint density at radius 1 is 1.19 bits per heavy atom. The van der Waals surface area contributed by atoms with Crippen LogP contribution >= 0.6 is 0 Å². The Morgan fingerprint density at radius 3 is 2.15 bits per heavy atom. The van der Waals surface area contributed by atoms with Gasteiger partial charge in [0.1, 0.15) is 5.60 Å². The molecular weight excluding hydrogens is 338 g/mol. The van der Waals surface area contributed by atoms with Crippen LogP contribution in [0.25, 0.3) is 0 Å². The number of benzene rings is 1. The number of nitrogens with two attached hydrogens (primary N) is 1. The first-order valence-electron chi connectivity index (χ1n) is 10.2. The van der Waals surface area contributed by atoms with E-state index in [1.807, 2.05) is 27.7 Å². The molecule has 5 nitrogen and oxygen atoms in total. The minimum atomic E-state index is -0.318. The van der Waals surface area contributed by atoms with Gasteiger partial charge in [-0.05, 0) is 51.2 Å². The monoisotopic (exact) mass is 375 g/mol. The van der Waals surface area contributed by atoms with Crippen LogP contribution in [0.2, 0.25) is 0 Å². The van der Waals surface area contributed by atoms with E-state index in [4.69, 9.17) is 5.73 Å². The summed E-state index contributed by atoms with van der Waals surface area (Å²) in [6, 6.07) is 9.75. The molecule has 0 spiro atoms. The molecule has 1 saturated carbocycles. The maximum atomic E-state index is 9.60. The van der Waals surface area contributed by atoms with E-state index in [2.05, 4.69) is 39.2 Å². The molecule has 2 fully saturated rings. The molecule has 152 valence electrons. The lowest BCUT2D eigenvalue weighted by Crippen LogP contribution is -2.45. The average Bonchev–Trinajstić information content (AvgIpc) is 3.44. The van der Waals surface area contributed by atoms with Gasteiger partial charge in [0.15, 0.2) is 0 Å². The second kappa shape index (κ2) is 10.2. The molecule has 0 radical (unpaired) electrons. The Hall–Kier alpha value is -1.43. The van der Waals surface area contributed by atoms with Crippen molar-refractivity contribution in [2.75, 3.05) is 26.2 Å². The topological polar surface area (TPSA) is 67.6 Å². The minimum absolute atomic E-state index is 0.130. The molecular formula is C22H37N3O2. The van der Waals surface area contributed by atoms with E-state index in [-0.39, 0.29) is 11.6 Å². The van der Waals surface area contributed by atoms with Crippen molar-refractivity contribution >= 4 is 6.47 Å². The van der Waals surface area contributed by atoms with Crippen LogP contribution in [0.3, 0.4) is 0 Å². The number of hydrogen-bond donors (Lipinski definition) is 2. The van der Waals surface area contributed by atoms with Gasteiger partial charge in [-0.25, -0.2) is 0 Å². The fourth-order valence-electron chi connectivity index (χ4n) is 3.33. The summed E-state index contributed by atoms with van der Waals surface area (Å²) in [4.78, 5) is 12.3. The van der Waals surface area contributed by atoms with E-state index in [9.17, 15) is 4.79 Å². The molecule has 0 unspecified atom stereocenters. The van der Waals surface area contributed by atoms with Gasteiger partial charge in [0.2, 0.25) is 0 Å². The van der Waals surface area contributed by atoms with Gasteiger partial charge in [0, 0.05) is 38.3 Å². The third-order valence-corrected chi connectivity index (χ3v) is 5.09. The summed E-state index contributed by atoms with van der Waals surface area (Å²) in [5.41, 5.74) is 8.35. The number of rotatable bonds is 6. The van der Waals surface area contributed by atoms with Crippen LogP contribution < -0.4 is 11.1 Å². The van der Waals surface area contributed by atoms with Crippen molar-refractivity contribution in [2.45, 2.75) is 64.6 Å². The van der Waals surface area contributed by atoms with Crippen molar-refractivity contribution < 1.29 is 9.53 Å². The van der Waals surface area contributed by atoms with Crippen LogP contribution in [-0.4, -0.2) is 43.2 Å². The van der Waals surface area contributed by atoms with Crippen LogP contribution in [-0.2, 0) is 9.53 Å². The molecule has 2 aliphatic rings. The highest BCUT2D eigenvalue weighted by molar-refractivity contribution is 5.37. The molecule has 0 aromatic heterocycles.